The van der Waals surface area contributed by atoms with Crippen LogP contribution in [0.25, 0.3) is 22.1 Å². The van der Waals surface area contributed by atoms with Crippen LogP contribution in [0.5, 0.6) is 5.75 Å². The minimum Gasteiger partial charge on any atom is -0.491 e. The Morgan fingerprint density at radius 2 is 1.61 bits per heavy atom. The van der Waals surface area contributed by atoms with Crippen LogP contribution < -0.4 is 10.4 Å². The van der Waals surface area contributed by atoms with Crippen LogP contribution in [0.1, 0.15) is 54.9 Å². The van der Waals surface area contributed by atoms with Gasteiger partial charge < -0.3 is 19.0 Å². The first-order valence-electron chi connectivity index (χ1n) is 12.3. The Bertz CT molecular complexity index is 1250. The minimum atomic E-state index is -1.00. The van der Waals surface area contributed by atoms with E-state index in [-0.39, 0.29) is 30.0 Å². The van der Waals surface area contributed by atoms with Crippen molar-refractivity contribution in [2.75, 3.05) is 13.2 Å². The van der Waals surface area contributed by atoms with E-state index in [1.807, 2.05) is 58.0 Å². The molecule has 3 rings (SSSR count). The summed E-state index contributed by atoms with van der Waals surface area (Å²) in [7, 11) is 0. The van der Waals surface area contributed by atoms with Gasteiger partial charge in [-0.3, -0.25) is 4.79 Å². The molecule has 0 saturated heterocycles. The third kappa shape index (κ3) is 6.55. The number of hydrogen-bond donors (Lipinski definition) is 1. The first kappa shape index (κ1) is 27.5. The van der Waals surface area contributed by atoms with Crippen molar-refractivity contribution in [3.8, 4) is 16.9 Å². The second-order valence-corrected chi connectivity index (χ2v) is 11.9. The summed E-state index contributed by atoms with van der Waals surface area (Å²) >= 11 is 0. The predicted octanol–water partition coefficient (Wildman–Crippen LogP) is 6.23. The summed E-state index contributed by atoms with van der Waals surface area (Å²) in [6.07, 6.45) is -0.348. The molecule has 1 N–H and O–H groups in total. The van der Waals surface area contributed by atoms with Crippen LogP contribution in [-0.2, 0) is 9.53 Å². The normalized spacial score (nSPS) is 14.8. The molecule has 6 heteroatoms. The van der Waals surface area contributed by atoms with Crippen LogP contribution in [0.3, 0.4) is 0 Å². The highest BCUT2D eigenvalue weighted by atomic mass is 16.5. The lowest BCUT2D eigenvalue weighted by Gasteiger charge is -2.43. The number of fused-ring (bicyclic) bond motifs is 1. The van der Waals surface area contributed by atoms with Gasteiger partial charge in [-0.2, -0.15) is 0 Å². The molecule has 0 fully saturated rings. The highest BCUT2D eigenvalue weighted by Crippen LogP contribution is 2.47. The maximum Gasteiger partial charge on any atom is 0.344 e. The van der Waals surface area contributed by atoms with Crippen LogP contribution in [0, 0.1) is 16.2 Å². The predicted molar refractivity (Wildman–Crippen MR) is 142 cm³/mol. The van der Waals surface area contributed by atoms with Crippen LogP contribution >= 0.6 is 0 Å². The molecule has 0 radical (unpaired) electrons. The Balaban J connectivity index is 1.63. The fourth-order valence-corrected chi connectivity index (χ4v) is 4.28. The summed E-state index contributed by atoms with van der Waals surface area (Å²) in [4.78, 5) is 25.6. The summed E-state index contributed by atoms with van der Waals surface area (Å²) in [6.45, 7) is 14.1. The molecule has 0 spiro atoms. The zero-order valence-electron chi connectivity index (χ0n) is 22.4. The number of ether oxygens (including phenoxy) is 2. The lowest BCUT2D eigenvalue weighted by Crippen LogP contribution is -2.45. The van der Waals surface area contributed by atoms with E-state index in [9.17, 15) is 14.7 Å². The maximum atomic E-state index is 13.1. The molecular weight excluding hydrogens is 456 g/mol. The monoisotopic (exact) mass is 494 g/mol. The van der Waals surface area contributed by atoms with E-state index in [4.69, 9.17) is 13.9 Å². The van der Waals surface area contributed by atoms with Gasteiger partial charge in [-0.15, -0.1) is 0 Å². The Hall–Kier alpha value is -3.12. The summed E-state index contributed by atoms with van der Waals surface area (Å²) < 4.78 is 16.8. The van der Waals surface area contributed by atoms with Gasteiger partial charge in [0.15, 0.2) is 0 Å². The van der Waals surface area contributed by atoms with Gasteiger partial charge >= 0.3 is 11.6 Å². The van der Waals surface area contributed by atoms with Gasteiger partial charge in [0.2, 0.25) is 0 Å². The Labute approximate surface area is 213 Å². The number of benzene rings is 2. The van der Waals surface area contributed by atoms with Crippen LogP contribution in [0.15, 0.2) is 63.8 Å². The second kappa shape index (κ2) is 10.5. The van der Waals surface area contributed by atoms with Crippen molar-refractivity contribution < 1.29 is 23.8 Å². The van der Waals surface area contributed by atoms with Crippen LogP contribution in [-0.4, -0.2) is 30.4 Å². The molecule has 0 bridgehead atoms. The quantitative estimate of drug-likeness (QED) is 0.295. The highest BCUT2D eigenvalue weighted by molar-refractivity contribution is 5.82. The van der Waals surface area contributed by atoms with Gasteiger partial charge in [0.1, 0.15) is 30.7 Å². The smallest absolute Gasteiger partial charge is 0.344 e. The molecule has 6 nitrogen and oxygen atoms in total. The second-order valence-electron chi connectivity index (χ2n) is 11.9. The number of hydrogen-bond acceptors (Lipinski definition) is 6. The van der Waals surface area contributed by atoms with Crippen molar-refractivity contribution in [3.63, 3.8) is 0 Å². The zero-order chi connectivity index (χ0) is 26.7. The average molecular weight is 495 g/mol. The van der Waals surface area contributed by atoms with Gasteiger partial charge in [-0.05, 0) is 47.9 Å². The van der Waals surface area contributed by atoms with E-state index < -0.39 is 17.1 Å². The Kier molecular flexibility index (Phi) is 7.99. The lowest BCUT2D eigenvalue weighted by molar-refractivity contribution is -0.168. The molecule has 0 saturated carbocycles. The van der Waals surface area contributed by atoms with Crippen molar-refractivity contribution in [2.24, 2.45) is 16.2 Å². The van der Waals surface area contributed by atoms with Crippen molar-refractivity contribution in [1.82, 2.24) is 0 Å². The molecule has 194 valence electrons. The number of aliphatic hydroxyl groups excluding tert-OH is 1. The van der Waals surface area contributed by atoms with E-state index in [1.54, 1.807) is 24.3 Å². The Morgan fingerprint density at radius 1 is 0.944 bits per heavy atom. The van der Waals surface area contributed by atoms with E-state index in [0.717, 1.165) is 10.9 Å². The van der Waals surface area contributed by atoms with Crippen molar-refractivity contribution in [2.45, 2.75) is 61.0 Å². The standard InChI is InChI=1S/C30H38O6/c1-28(2,3)19-30(7,29(4,5)6)27(33)35-18-22(31)17-34-23-14-13-21-15-24(20-11-9-8-10-12-20)26(32)36-25(21)16-23/h8-16,22,31H,17-19H2,1-7H3. The molecule has 1 aromatic heterocycles. The molecule has 2 aromatic carbocycles. The first-order chi connectivity index (χ1) is 16.7. The molecule has 0 aliphatic heterocycles. The van der Waals surface area contributed by atoms with Gasteiger partial charge in [-0.25, -0.2) is 4.79 Å². The molecule has 2 unspecified atom stereocenters. The van der Waals surface area contributed by atoms with Gasteiger partial charge in [-0.1, -0.05) is 71.9 Å². The maximum absolute atomic E-state index is 13.1. The van der Waals surface area contributed by atoms with E-state index in [1.165, 1.54) is 0 Å². The summed E-state index contributed by atoms with van der Waals surface area (Å²) in [6, 6.07) is 16.3. The van der Waals surface area contributed by atoms with Crippen molar-refractivity contribution in [1.29, 1.82) is 0 Å². The van der Waals surface area contributed by atoms with Gasteiger partial charge in [0.25, 0.3) is 0 Å². The molecule has 0 aliphatic carbocycles. The van der Waals surface area contributed by atoms with Crippen molar-refractivity contribution >= 4 is 16.9 Å². The first-order valence-corrected chi connectivity index (χ1v) is 12.3. The van der Waals surface area contributed by atoms with Crippen LogP contribution in [0.4, 0.5) is 0 Å². The number of carbonyl (C=O) groups excluding carboxylic acids is 1. The number of aliphatic hydroxyl groups is 1. The number of rotatable bonds is 8. The molecule has 0 aliphatic rings. The molecule has 0 amide bonds. The third-order valence-electron chi connectivity index (χ3n) is 6.63. The molecule has 2 atom stereocenters. The highest BCUT2D eigenvalue weighted by Gasteiger charge is 2.47. The Morgan fingerprint density at radius 3 is 2.22 bits per heavy atom. The van der Waals surface area contributed by atoms with Crippen LogP contribution in [0.2, 0.25) is 0 Å². The lowest BCUT2D eigenvalue weighted by atomic mass is 9.61. The van der Waals surface area contributed by atoms with E-state index in [2.05, 4.69) is 20.8 Å². The van der Waals surface area contributed by atoms with Gasteiger partial charge in [0, 0.05) is 11.5 Å². The largest absolute Gasteiger partial charge is 0.491 e. The number of carbonyl (C=O) groups is 1. The average Bonchev–Trinajstić information content (AvgIpc) is 2.79. The zero-order valence-corrected chi connectivity index (χ0v) is 22.4. The fraction of sp³-hybridized carbons (Fsp3) is 0.467. The molecule has 3 aromatic rings. The molecule has 1 heterocycles. The third-order valence-corrected chi connectivity index (χ3v) is 6.63. The fourth-order valence-electron chi connectivity index (χ4n) is 4.28. The summed E-state index contributed by atoms with van der Waals surface area (Å²) in [5.41, 5.74) is 0.152. The van der Waals surface area contributed by atoms with E-state index >= 15 is 0 Å². The summed E-state index contributed by atoms with van der Waals surface area (Å²) in [5.74, 6) is 0.112. The van der Waals surface area contributed by atoms with Gasteiger partial charge in [0.05, 0.1) is 11.0 Å². The topological polar surface area (TPSA) is 86.0 Å². The molecular formula is C30H38O6. The molecule has 36 heavy (non-hydrogen) atoms. The summed E-state index contributed by atoms with van der Waals surface area (Å²) in [5, 5.41) is 11.2. The SMILES string of the molecule is CC(C)(C)CC(C)(C(=O)OCC(O)COc1ccc2cc(-c3ccccc3)c(=O)oc2c1)C(C)(C)C. The van der Waals surface area contributed by atoms with E-state index in [0.29, 0.717) is 23.3 Å². The minimum absolute atomic E-state index is 0.0598. The van der Waals surface area contributed by atoms with Crippen molar-refractivity contribution in [3.05, 3.63) is 65.0 Å². The number of esters is 1.